The molecule has 0 saturated heterocycles. The first-order valence-corrected chi connectivity index (χ1v) is 7.91. The summed E-state index contributed by atoms with van der Waals surface area (Å²) in [5.41, 5.74) is 0.763. The van der Waals surface area contributed by atoms with Crippen LogP contribution in [-0.4, -0.2) is 24.9 Å². The number of halogens is 1. The highest BCUT2D eigenvalue weighted by atomic mass is 19.1. The predicted octanol–water partition coefficient (Wildman–Crippen LogP) is 2.38. The molecule has 0 spiro atoms. The second-order valence-corrected chi connectivity index (χ2v) is 5.97. The summed E-state index contributed by atoms with van der Waals surface area (Å²) < 4.78 is 18.7. The molecule has 2 atom stereocenters. The van der Waals surface area contributed by atoms with Gasteiger partial charge in [0.15, 0.2) is 0 Å². The number of amides is 2. The maximum Gasteiger partial charge on any atom is 0.251 e. The number of nitrogens with one attached hydrogen (secondary N) is 2. The van der Waals surface area contributed by atoms with Crippen LogP contribution in [0.15, 0.2) is 41.0 Å². The summed E-state index contributed by atoms with van der Waals surface area (Å²) in [5.74, 6) is 0.136. The van der Waals surface area contributed by atoms with Gasteiger partial charge in [-0.1, -0.05) is 6.07 Å². The van der Waals surface area contributed by atoms with Crippen molar-refractivity contribution in [1.29, 1.82) is 0 Å². The van der Waals surface area contributed by atoms with Crippen LogP contribution >= 0.6 is 0 Å². The summed E-state index contributed by atoms with van der Waals surface area (Å²) in [6.07, 6.45) is 2.39. The monoisotopic (exact) mass is 330 g/mol. The molecule has 0 aliphatic heterocycles. The van der Waals surface area contributed by atoms with Crippen molar-refractivity contribution in [2.24, 2.45) is 5.92 Å². The minimum atomic E-state index is -0.409. The lowest BCUT2D eigenvalue weighted by Crippen LogP contribution is -2.35. The zero-order valence-electron chi connectivity index (χ0n) is 13.3. The van der Waals surface area contributed by atoms with Crippen molar-refractivity contribution in [3.63, 3.8) is 0 Å². The van der Waals surface area contributed by atoms with Crippen molar-refractivity contribution in [2.75, 3.05) is 13.1 Å². The Bertz CT molecular complexity index is 743. The van der Waals surface area contributed by atoms with Gasteiger partial charge in [-0.25, -0.2) is 4.39 Å². The van der Waals surface area contributed by atoms with E-state index >= 15 is 0 Å². The lowest BCUT2D eigenvalue weighted by molar-refractivity contribution is -0.122. The number of hydrogen-bond donors (Lipinski definition) is 2. The van der Waals surface area contributed by atoms with Gasteiger partial charge in [-0.3, -0.25) is 9.59 Å². The van der Waals surface area contributed by atoms with Crippen molar-refractivity contribution in [3.8, 4) is 0 Å². The molecule has 1 aliphatic carbocycles. The quantitative estimate of drug-likeness (QED) is 0.799. The highest BCUT2D eigenvalue weighted by molar-refractivity contribution is 5.94. The van der Waals surface area contributed by atoms with Crippen molar-refractivity contribution < 1.29 is 18.4 Å². The first-order valence-electron chi connectivity index (χ1n) is 7.91. The van der Waals surface area contributed by atoms with Gasteiger partial charge in [-0.05, 0) is 43.2 Å². The van der Waals surface area contributed by atoms with E-state index in [-0.39, 0.29) is 35.8 Å². The Kier molecular flexibility index (Phi) is 4.64. The average Bonchev–Trinajstić information content (AvgIpc) is 3.19. The number of rotatable bonds is 6. The SMILES string of the molecule is Cc1ccc(C(=O)NCCNC(=O)C2CC2c2ccco2)cc1F. The van der Waals surface area contributed by atoms with Gasteiger partial charge in [0.1, 0.15) is 11.6 Å². The maximum atomic E-state index is 13.4. The minimum absolute atomic E-state index is 0.0352. The topological polar surface area (TPSA) is 71.3 Å². The molecule has 1 aliphatic rings. The van der Waals surface area contributed by atoms with Crippen molar-refractivity contribution >= 4 is 11.8 Å². The van der Waals surface area contributed by atoms with Crippen LogP contribution in [0.3, 0.4) is 0 Å². The molecular formula is C18H19FN2O3. The normalized spacial score (nSPS) is 18.9. The lowest BCUT2D eigenvalue weighted by atomic mass is 10.1. The molecule has 2 amide bonds. The number of hydrogen-bond acceptors (Lipinski definition) is 3. The number of carbonyl (C=O) groups is 2. The van der Waals surface area contributed by atoms with Gasteiger partial charge in [-0.2, -0.15) is 0 Å². The molecule has 2 N–H and O–H groups in total. The molecule has 24 heavy (non-hydrogen) atoms. The zero-order valence-corrected chi connectivity index (χ0v) is 13.3. The van der Waals surface area contributed by atoms with Gasteiger partial charge < -0.3 is 15.1 Å². The van der Waals surface area contributed by atoms with E-state index in [0.717, 1.165) is 12.2 Å². The van der Waals surface area contributed by atoms with E-state index in [4.69, 9.17) is 4.42 Å². The van der Waals surface area contributed by atoms with Crippen LogP contribution in [0, 0.1) is 18.7 Å². The van der Waals surface area contributed by atoms with Crippen molar-refractivity contribution in [3.05, 3.63) is 59.3 Å². The van der Waals surface area contributed by atoms with E-state index in [1.807, 2.05) is 12.1 Å². The average molecular weight is 330 g/mol. The van der Waals surface area contributed by atoms with E-state index in [1.54, 1.807) is 25.3 Å². The molecule has 1 saturated carbocycles. The molecule has 6 heteroatoms. The van der Waals surface area contributed by atoms with Gasteiger partial charge in [0.25, 0.3) is 5.91 Å². The summed E-state index contributed by atoms with van der Waals surface area (Å²) in [7, 11) is 0. The highest BCUT2D eigenvalue weighted by Gasteiger charge is 2.45. The summed E-state index contributed by atoms with van der Waals surface area (Å²) in [6, 6.07) is 8.03. The molecule has 126 valence electrons. The van der Waals surface area contributed by atoms with Crippen LogP contribution in [0.1, 0.15) is 34.0 Å². The predicted molar refractivity (Wildman–Crippen MR) is 86.0 cm³/mol. The van der Waals surface area contributed by atoms with Crippen LogP contribution in [0.5, 0.6) is 0 Å². The number of carbonyl (C=O) groups excluding carboxylic acids is 2. The number of benzene rings is 1. The Hall–Kier alpha value is -2.63. The van der Waals surface area contributed by atoms with Crippen LogP contribution in [0.25, 0.3) is 0 Å². The Morgan fingerprint density at radius 2 is 2.04 bits per heavy atom. The third-order valence-corrected chi connectivity index (χ3v) is 4.18. The minimum Gasteiger partial charge on any atom is -0.469 e. The third-order valence-electron chi connectivity index (χ3n) is 4.18. The third kappa shape index (κ3) is 3.64. The van der Waals surface area contributed by atoms with Gasteiger partial charge in [0.05, 0.1) is 6.26 Å². The molecule has 1 fully saturated rings. The van der Waals surface area contributed by atoms with E-state index < -0.39 is 5.82 Å². The first kappa shape index (κ1) is 16.2. The standard InChI is InChI=1S/C18H19FN2O3/c1-11-4-5-12(9-15(11)19)17(22)20-6-7-21-18(23)14-10-13(14)16-3-2-8-24-16/h2-5,8-9,13-14H,6-7,10H2,1H3,(H,20,22)(H,21,23). The largest absolute Gasteiger partial charge is 0.469 e. The molecule has 0 radical (unpaired) electrons. The van der Waals surface area contributed by atoms with Crippen LogP contribution in [-0.2, 0) is 4.79 Å². The van der Waals surface area contributed by atoms with E-state index in [1.165, 1.54) is 6.07 Å². The summed E-state index contributed by atoms with van der Waals surface area (Å²) >= 11 is 0. The second kappa shape index (κ2) is 6.86. The van der Waals surface area contributed by atoms with E-state index in [0.29, 0.717) is 12.1 Å². The fourth-order valence-electron chi connectivity index (χ4n) is 2.63. The van der Waals surface area contributed by atoms with Gasteiger partial charge >= 0.3 is 0 Å². The molecule has 2 unspecified atom stereocenters. The second-order valence-electron chi connectivity index (χ2n) is 5.97. The molecule has 1 aromatic heterocycles. The van der Waals surface area contributed by atoms with E-state index in [9.17, 15) is 14.0 Å². The molecule has 5 nitrogen and oxygen atoms in total. The Labute approximate surface area is 139 Å². The van der Waals surface area contributed by atoms with Gasteiger partial charge in [0, 0.05) is 30.5 Å². The zero-order chi connectivity index (χ0) is 17.1. The first-order chi connectivity index (χ1) is 11.6. The fraction of sp³-hybridized carbons (Fsp3) is 0.333. The molecule has 0 bridgehead atoms. The molecule has 1 heterocycles. The van der Waals surface area contributed by atoms with Crippen LogP contribution in [0.4, 0.5) is 4.39 Å². The Morgan fingerprint density at radius 1 is 1.25 bits per heavy atom. The lowest BCUT2D eigenvalue weighted by Gasteiger charge is -2.07. The Morgan fingerprint density at radius 3 is 2.75 bits per heavy atom. The van der Waals surface area contributed by atoms with Crippen molar-refractivity contribution in [1.82, 2.24) is 10.6 Å². The van der Waals surface area contributed by atoms with Crippen LogP contribution < -0.4 is 10.6 Å². The number of furan rings is 1. The summed E-state index contributed by atoms with van der Waals surface area (Å²) in [6.45, 7) is 2.26. The fourth-order valence-corrected chi connectivity index (χ4v) is 2.63. The molecule has 2 aromatic rings. The summed E-state index contributed by atoms with van der Waals surface area (Å²) in [4.78, 5) is 23.9. The highest BCUT2D eigenvalue weighted by Crippen LogP contribution is 2.47. The summed E-state index contributed by atoms with van der Waals surface area (Å²) in [5, 5.41) is 5.45. The molecule has 3 rings (SSSR count). The van der Waals surface area contributed by atoms with Gasteiger partial charge in [0.2, 0.25) is 5.91 Å². The van der Waals surface area contributed by atoms with Crippen molar-refractivity contribution in [2.45, 2.75) is 19.3 Å². The smallest absolute Gasteiger partial charge is 0.251 e. The van der Waals surface area contributed by atoms with E-state index in [2.05, 4.69) is 10.6 Å². The molecule has 1 aromatic carbocycles. The maximum absolute atomic E-state index is 13.4. The molecular weight excluding hydrogens is 311 g/mol. The van der Waals surface area contributed by atoms with Gasteiger partial charge in [-0.15, -0.1) is 0 Å². The van der Waals surface area contributed by atoms with Crippen LogP contribution in [0.2, 0.25) is 0 Å². The Balaban J connectivity index is 1.38. The number of aryl methyl sites for hydroxylation is 1.